The first-order valence-electron chi connectivity index (χ1n) is 8.08. The fourth-order valence-corrected chi connectivity index (χ4v) is 2.33. The van der Waals surface area contributed by atoms with Gasteiger partial charge < -0.3 is 15.0 Å². The van der Waals surface area contributed by atoms with Gasteiger partial charge in [0.1, 0.15) is 6.61 Å². The van der Waals surface area contributed by atoms with E-state index < -0.39 is 18.8 Å². The molecule has 7 nitrogen and oxygen atoms in total. The van der Waals surface area contributed by atoms with Crippen molar-refractivity contribution in [3.05, 3.63) is 12.7 Å². The Labute approximate surface area is 145 Å². The minimum absolute atomic E-state index is 0.0714. The molecule has 0 aromatic heterocycles. The van der Waals surface area contributed by atoms with Gasteiger partial charge in [-0.25, -0.2) is 4.79 Å². The zero-order valence-electron chi connectivity index (χ0n) is 14.1. The second kappa shape index (κ2) is 11.1. The van der Waals surface area contributed by atoms with E-state index in [0.29, 0.717) is 26.1 Å². The Morgan fingerprint density at radius 1 is 1.16 bits per heavy atom. The molecule has 1 saturated heterocycles. The predicted molar refractivity (Wildman–Crippen MR) is 86.1 cm³/mol. The predicted octanol–water partition coefficient (Wildman–Crippen LogP) is 0.585. The maximum absolute atomic E-state index is 11.9. The zero-order valence-corrected chi connectivity index (χ0v) is 14.1. The van der Waals surface area contributed by atoms with Crippen molar-refractivity contribution in [2.45, 2.75) is 12.6 Å². The summed E-state index contributed by atoms with van der Waals surface area (Å²) in [6.45, 7) is 6.13. The van der Waals surface area contributed by atoms with Crippen molar-refractivity contribution >= 4 is 11.9 Å². The van der Waals surface area contributed by atoms with Crippen LogP contribution in [0.5, 0.6) is 0 Å². The van der Waals surface area contributed by atoms with Crippen molar-refractivity contribution in [2.24, 2.45) is 0 Å². The van der Waals surface area contributed by atoms with Crippen LogP contribution in [0.1, 0.15) is 6.42 Å². The van der Waals surface area contributed by atoms with E-state index in [1.54, 1.807) is 0 Å². The van der Waals surface area contributed by atoms with Gasteiger partial charge in [-0.3, -0.25) is 15.0 Å². The molecule has 1 heterocycles. The standard InChI is InChI=1S/C15H25F3N4O3/c1-2-4-19-14(24)20-13(23)11-22-8-6-21(7-9-22)5-3-10-25-12-15(16,17)18/h2H,1,3-12H2,(H2,19,20,23,24). The molecule has 0 atom stereocenters. The summed E-state index contributed by atoms with van der Waals surface area (Å²) in [6, 6.07) is -0.553. The number of carbonyl (C=O) groups is 2. The molecule has 0 saturated carbocycles. The van der Waals surface area contributed by atoms with Crippen molar-refractivity contribution < 1.29 is 27.5 Å². The Morgan fingerprint density at radius 3 is 2.40 bits per heavy atom. The van der Waals surface area contributed by atoms with Gasteiger partial charge >= 0.3 is 12.2 Å². The number of amides is 3. The highest BCUT2D eigenvalue weighted by molar-refractivity contribution is 5.95. The number of ether oxygens (including phenoxy) is 1. The van der Waals surface area contributed by atoms with Crippen molar-refractivity contribution in [1.82, 2.24) is 20.4 Å². The number of imide groups is 1. The summed E-state index contributed by atoms with van der Waals surface area (Å²) >= 11 is 0. The SMILES string of the molecule is C=CCNC(=O)NC(=O)CN1CCN(CCCOCC(F)(F)F)CC1. The molecular formula is C15H25F3N4O3. The molecule has 0 aromatic rings. The molecular weight excluding hydrogens is 341 g/mol. The number of carbonyl (C=O) groups excluding carboxylic acids is 2. The normalized spacial score (nSPS) is 16.4. The Bertz CT molecular complexity index is 438. The number of alkyl halides is 3. The lowest BCUT2D eigenvalue weighted by Crippen LogP contribution is -2.51. The lowest BCUT2D eigenvalue weighted by molar-refractivity contribution is -0.174. The van der Waals surface area contributed by atoms with Crippen LogP contribution in [0.3, 0.4) is 0 Å². The molecule has 0 radical (unpaired) electrons. The van der Waals surface area contributed by atoms with Crippen LogP contribution in [0.25, 0.3) is 0 Å². The van der Waals surface area contributed by atoms with E-state index in [4.69, 9.17) is 0 Å². The van der Waals surface area contributed by atoms with E-state index in [9.17, 15) is 22.8 Å². The molecule has 0 unspecified atom stereocenters. The van der Waals surface area contributed by atoms with Gasteiger partial charge in [0, 0.05) is 45.9 Å². The molecule has 10 heteroatoms. The van der Waals surface area contributed by atoms with E-state index in [-0.39, 0.29) is 25.6 Å². The quantitative estimate of drug-likeness (QED) is 0.461. The number of nitrogens with zero attached hydrogens (tertiary/aromatic N) is 2. The van der Waals surface area contributed by atoms with E-state index >= 15 is 0 Å². The molecule has 0 spiro atoms. The van der Waals surface area contributed by atoms with Gasteiger partial charge in [0.25, 0.3) is 0 Å². The van der Waals surface area contributed by atoms with Gasteiger partial charge in [-0.1, -0.05) is 6.08 Å². The van der Waals surface area contributed by atoms with Crippen molar-refractivity contribution in [3.8, 4) is 0 Å². The molecule has 1 fully saturated rings. The first-order valence-corrected chi connectivity index (χ1v) is 8.08. The maximum Gasteiger partial charge on any atom is 0.411 e. The molecule has 1 aliphatic rings. The number of halogens is 3. The van der Waals surface area contributed by atoms with E-state index in [1.807, 2.05) is 4.90 Å². The Morgan fingerprint density at radius 2 is 1.80 bits per heavy atom. The molecule has 0 aromatic carbocycles. The molecule has 25 heavy (non-hydrogen) atoms. The van der Waals surface area contributed by atoms with E-state index in [1.165, 1.54) is 6.08 Å². The topological polar surface area (TPSA) is 73.9 Å². The average Bonchev–Trinajstić information content (AvgIpc) is 2.53. The summed E-state index contributed by atoms with van der Waals surface area (Å²) in [5.74, 6) is -0.379. The fourth-order valence-electron chi connectivity index (χ4n) is 2.33. The van der Waals surface area contributed by atoms with Crippen LogP contribution in [0.2, 0.25) is 0 Å². The highest BCUT2D eigenvalue weighted by Gasteiger charge is 2.27. The van der Waals surface area contributed by atoms with Crippen molar-refractivity contribution in [2.75, 3.05) is 59.0 Å². The average molecular weight is 366 g/mol. The van der Waals surface area contributed by atoms with Gasteiger partial charge in [-0.05, 0) is 6.42 Å². The Hall–Kier alpha value is -1.65. The molecule has 1 rings (SSSR count). The maximum atomic E-state index is 11.9. The molecule has 0 bridgehead atoms. The van der Waals surface area contributed by atoms with Gasteiger partial charge in [0.05, 0.1) is 6.54 Å². The second-order valence-electron chi connectivity index (χ2n) is 5.69. The van der Waals surface area contributed by atoms with Gasteiger partial charge in [-0.15, -0.1) is 6.58 Å². The second-order valence-corrected chi connectivity index (χ2v) is 5.69. The monoisotopic (exact) mass is 366 g/mol. The van der Waals surface area contributed by atoms with Crippen LogP contribution in [-0.4, -0.2) is 86.9 Å². The van der Waals surface area contributed by atoms with Gasteiger partial charge in [0.15, 0.2) is 0 Å². The summed E-state index contributed by atoms with van der Waals surface area (Å²) in [7, 11) is 0. The molecule has 2 N–H and O–H groups in total. The lowest BCUT2D eigenvalue weighted by Gasteiger charge is -2.34. The molecule has 1 aliphatic heterocycles. The third-order valence-corrected chi connectivity index (χ3v) is 3.52. The summed E-state index contributed by atoms with van der Waals surface area (Å²) in [6.07, 6.45) is -2.24. The van der Waals surface area contributed by atoms with Crippen molar-refractivity contribution in [3.63, 3.8) is 0 Å². The summed E-state index contributed by atoms with van der Waals surface area (Å²) < 4.78 is 40.3. The number of nitrogens with one attached hydrogen (secondary N) is 2. The Balaban J connectivity index is 2.10. The minimum Gasteiger partial charge on any atom is -0.372 e. The first kappa shape index (κ1) is 21.4. The van der Waals surface area contributed by atoms with Crippen LogP contribution in [-0.2, 0) is 9.53 Å². The molecule has 3 amide bonds. The first-order chi connectivity index (χ1) is 11.8. The summed E-state index contributed by atoms with van der Waals surface area (Å²) in [5, 5.41) is 4.69. The zero-order chi connectivity index (χ0) is 18.7. The third-order valence-electron chi connectivity index (χ3n) is 3.52. The highest BCUT2D eigenvalue weighted by atomic mass is 19.4. The smallest absolute Gasteiger partial charge is 0.372 e. The van der Waals surface area contributed by atoms with Crippen LogP contribution < -0.4 is 10.6 Å². The highest BCUT2D eigenvalue weighted by Crippen LogP contribution is 2.14. The van der Waals surface area contributed by atoms with E-state index in [2.05, 4.69) is 26.8 Å². The largest absolute Gasteiger partial charge is 0.411 e. The van der Waals surface area contributed by atoms with Crippen LogP contribution in [0.4, 0.5) is 18.0 Å². The van der Waals surface area contributed by atoms with Crippen LogP contribution in [0, 0.1) is 0 Å². The number of hydrogen-bond donors (Lipinski definition) is 2. The minimum atomic E-state index is -4.28. The number of piperazine rings is 1. The lowest BCUT2D eigenvalue weighted by atomic mass is 10.3. The summed E-state index contributed by atoms with van der Waals surface area (Å²) in [5.41, 5.74) is 0. The van der Waals surface area contributed by atoms with Crippen LogP contribution in [0.15, 0.2) is 12.7 Å². The number of hydrogen-bond acceptors (Lipinski definition) is 5. The molecule has 0 aliphatic carbocycles. The third kappa shape index (κ3) is 10.7. The Kier molecular flexibility index (Phi) is 9.46. The van der Waals surface area contributed by atoms with Gasteiger partial charge in [-0.2, -0.15) is 13.2 Å². The van der Waals surface area contributed by atoms with Crippen LogP contribution >= 0.6 is 0 Å². The number of rotatable bonds is 9. The fraction of sp³-hybridized carbons (Fsp3) is 0.733. The van der Waals surface area contributed by atoms with Gasteiger partial charge in [0.2, 0.25) is 5.91 Å². The van der Waals surface area contributed by atoms with Crippen molar-refractivity contribution in [1.29, 1.82) is 0 Å². The van der Waals surface area contributed by atoms with E-state index in [0.717, 1.165) is 13.1 Å². The summed E-state index contributed by atoms with van der Waals surface area (Å²) in [4.78, 5) is 27.1. The number of urea groups is 1. The molecule has 144 valence electrons.